The summed E-state index contributed by atoms with van der Waals surface area (Å²) in [5.41, 5.74) is 1.08. The molecule has 2 aromatic heterocycles. The van der Waals surface area contributed by atoms with Gasteiger partial charge in [-0.25, -0.2) is 9.97 Å². The van der Waals surface area contributed by atoms with Crippen molar-refractivity contribution in [3.63, 3.8) is 0 Å². The Morgan fingerprint density at radius 3 is 2.86 bits per heavy atom. The predicted octanol–water partition coefficient (Wildman–Crippen LogP) is 1.97. The van der Waals surface area contributed by atoms with E-state index in [1.807, 2.05) is 6.92 Å². The van der Waals surface area contributed by atoms with Gasteiger partial charge in [0.1, 0.15) is 0 Å². The van der Waals surface area contributed by atoms with Gasteiger partial charge in [-0.1, -0.05) is 0 Å². The predicted molar refractivity (Wildman–Crippen MR) is 84.5 cm³/mol. The number of thiazole rings is 1. The van der Waals surface area contributed by atoms with Crippen LogP contribution in [0.2, 0.25) is 0 Å². The van der Waals surface area contributed by atoms with Crippen molar-refractivity contribution in [1.29, 1.82) is 0 Å². The minimum Gasteiger partial charge on any atom is -0.481 e. The number of nitrogens with zero attached hydrogens (tertiary/aromatic N) is 5. The van der Waals surface area contributed by atoms with Gasteiger partial charge in [-0.15, -0.1) is 11.3 Å². The minimum absolute atomic E-state index is 0.374. The average Bonchev–Trinajstić information content (AvgIpc) is 2.93. The lowest BCUT2D eigenvalue weighted by molar-refractivity contribution is 0.396. The standard InChI is InChI=1S/C14H19N5OS/c1-10-9-21-14(16-10)19-7-6-18(8-11(19)2)13-15-5-4-12(17-13)20-3/h4-5,9,11H,6-8H2,1-3H3/t11-/m0/s1. The summed E-state index contributed by atoms with van der Waals surface area (Å²) in [7, 11) is 1.62. The molecule has 0 spiro atoms. The average molecular weight is 305 g/mol. The number of aromatic nitrogens is 3. The van der Waals surface area contributed by atoms with Crippen LogP contribution in [0.25, 0.3) is 0 Å². The summed E-state index contributed by atoms with van der Waals surface area (Å²) in [4.78, 5) is 17.9. The fourth-order valence-electron chi connectivity index (χ4n) is 2.50. The Bertz CT molecular complexity index is 617. The number of hydrogen-bond donors (Lipinski definition) is 0. The molecular weight excluding hydrogens is 286 g/mol. The molecule has 0 bridgehead atoms. The summed E-state index contributed by atoms with van der Waals surface area (Å²) in [5.74, 6) is 1.34. The molecule has 0 unspecified atom stereocenters. The first kappa shape index (κ1) is 14.1. The number of anilines is 2. The van der Waals surface area contributed by atoms with Gasteiger partial charge in [-0.05, 0) is 13.8 Å². The van der Waals surface area contributed by atoms with Crippen molar-refractivity contribution in [2.45, 2.75) is 19.9 Å². The fourth-order valence-corrected chi connectivity index (χ4v) is 3.43. The lowest BCUT2D eigenvalue weighted by Crippen LogP contribution is -2.52. The molecule has 0 amide bonds. The molecule has 0 N–H and O–H groups in total. The van der Waals surface area contributed by atoms with E-state index in [1.54, 1.807) is 30.7 Å². The van der Waals surface area contributed by atoms with Crippen molar-refractivity contribution >= 4 is 22.4 Å². The summed E-state index contributed by atoms with van der Waals surface area (Å²) >= 11 is 1.71. The normalized spacial score (nSPS) is 18.9. The number of aryl methyl sites for hydroxylation is 1. The molecule has 7 heteroatoms. The Morgan fingerprint density at radius 1 is 1.33 bits per heavy atom. The zero-order valence-electron chi connectivity index (χ0n) is 12.5. The third-order valence-electron chi connectivity index (χ3n) is 3.59. The SMILES string of the molecule is COc1ccnc(N2CCN(c3nc(C)cs3)[C@@H](C)C2)n1. The molecule has 3 rings (SSSR count). The van der Waals surface area contributed by atoms with Gasteiger partial charge >= 0.3 is 0 Å². The van der Waals surface area contributed by atoms with Crippen molar-refractivity contribution < 1.29 is 4.74 Å². The van der Waals surface area contributed by atoms with Crippen LogP contribution >= 0.6 is 11.3 Å². The molecular formula is C14H19N5OS. The zero-order valence-corrected chi connectivity index (χ0v) is 13.3. The second-order valence-corrected chi connectivity index (χ2v) is 6.00. The van der Waals surface area contributed by atoms with Crippen molar-refractivity contribution in [3.05, 3.63) is 23.3 Å². The number of methoxy groups -OCH3 is 1. The molecule has 21 heavy (non-hydrogen) atoms. The molecule has 0 aliphatic carbocycles. The van der Waals surface area contributed by atoms with Gasteiger partial charge in [0, 0.05) is 43.3 Å². The van der Waals surface area contributed by atoms with Crippen LogP contribution in [0.4, 0.5) is 11.1 Å². The molecule has 1 atom stereocenters. The Hall–Kier alpha value is -1.89. The molecule has 112 valence electrons. The first-order valence-electron chi connectivity index (χ1n) is 6.98. The van der Waals surface area contributed by atoms with Gasteiger partial charge in [0.2, 0.25) is 11.8 Å². The lowest BCUT2D eigenvalue weighted by atomic mass is 10.2. The van der Waals surface area contributed by atoms with Gasteiger partial charge in [-0.2, -0.15) is 4.98 Å². The van der Waals surface area contributed by atoms with Gasteiger partial charge in [0.25, 0.3) is 0 Å². The lowest BCUT2D eigenvalue weighted by Gasteiger charge is -2.39. The Balaban J connectivity index is 1.73. The van der Waals surface area contributed by atoms with Crippen molar-refractivity contribution in [2.75, 3.05) is 36.5 Å². The molecule has 1 fully saturated rings. The van der Waals surface area contributed by atoms with Crippen LogP contribution in [0.5, 0.6) is 5.88 Å². The molecule has 3 heterocycles. The highest BCUT2D eigenvalue weighted by Gasteiger charge is 2.27. The molecule has 2 aromatic rings. The van der Waals surface area contributed by atoms with E-state index in [-0.39, 0.29) is 0 Å². The van der Waals surface area contributed by atoms with E-state index in [9.17, 15) is 0 Å². The van der Waals surface area contributed by atoms with E-state index in [0.717, 1.165) is 36.4 Å². The van der Waals surface area contributed by atoms with E-state index < -0.39 is 0 Å². The Kier molecular flexibility index (Phi) is 3.92. The number of ether oxygens (including phenoxy) is 1. The molecule has 1 aliphatic rings. The van der Waals surface area contributed by atoms with Gasteiger partial charge < -0.3 is 14.5 Å². The highest BCUT2D eigenvalue weighted by atomic mass is 32.1. The smallest absolute Gasteiger partial charge is 0.228 e. The van der Waals surface area contributed by atoms with Crippen LogP contribution in [0.15, 0.2) is 17.6 Å². The zero-order chi connectivity index (χ0) is 14.8. The second-order valence-electron chi connectivity index (χ2n) is 5.16. The number of rotatable bonds is 3. The molecule has 6 nitrogen and oxygen atoms in total. The van der Waals surface area contributed by atoms with Crippen LogP contribution in [0.3, 0.4) is 0 Å². The Morgan fingerprint density at radius 2 is 2.19 bits per heavy atom. The quantitative estimate of drug-likeness (QED) is 0.864. The third-order valence-corrected chi connectivity index (χ3v) is 4.58. The minimum atomic E-state index is 0.374. The monoisotopic (exact) mass is 305 g/mol. The van der Waals surface area contributed by atoms with Gasteiger partial charge in [0.15, 0.2) is 5.13 Å². The van der Waals surface area contributed by atoms with Crippen LogP contribution in [-0.2, 0) is 0 Å². The van der Waals surface area contributed by atoms with Crippen molar-refractivity contribution in [2.24, 2.45) is 0 Å². The van der Waals surface area contributed by atoms with Crippen LogP contribution in [-0.4, -0.2) is 47.7 Å². The molecule has 0 radical (unpaired) electrons. The Labute approximate surface area is 128 Å². The largest absolute Gasteiger partial charge is 0.481 e. The number of hydrogen-bond acceptors (Lipinski definition) is 7. The maximum absolute atomic E-state index is 5.17. The molecule has 0 saturated carbocycles. The maximum Gasteiger partial charge on any atom is 0.228 e. The van der Waals surface area contributed by atoms with Gasteiger partial charge in [0.05, 0.1) is 12.8 Å². The van der Waals surface area contributed by atoms with Gasteiger partial charge in [-0.3, -0.25) is 0 Å². The van der Waals surface area contributed by atoms with Crippen LogP contribution < -0.4 is 14.5 Å². The third kappa shape index (κ3) is 2.92. The molecule has 0 aromatic carbocycles. The van der Waals surface area contributed by atoms with Crippen molar-refractivity contribution in [3.8, 4) is 5.88 Å². The molecule has 1 aliphatic heterocycles. The highest BCUT2D eigenvalue weighted by Crippen LogP contribution is 2.25. The second kappa shape index (κ2) is 5.85. The first-order chi connectivity index (χ1) is 10.2. The van der Waals surface area contributed by atoms with E-state index in [0.29, 0.717) is 11.9 Å². The van der Waals surface area contributed by atoms with E-state index in [2.05, 4.69) is 37.1 Å². The van der Waals surface area contributed by atoms with E-state index in [1.165, 1.54) is 0 Å². The first-order valence-corrected chi connectivity index (χ1v) is 7.86. The summed E-state index contributed by atoms with van der Waals surface area (Å²) in [6, 6.07) is 2.14. The summed E-state index contributed by atoms with van der Waals surface area (Å²) in [6.45, 7) is 6.94. The topological polar surface area (TPSA) is 54.4 Å². The molecule has 1 saturated heterocycles. The fraction of sp³-hybridized carbons (Fsp3) is 0.500. The number of piperazine rings is 1. The summed E-state index contributed by atoms with van der Waals surface area (Å²) in [5, 5.41) is 3.20. The van der Waals surface area contributed by atoms with E-state index in [4.69, 9.17) is 4.74 Å². The van der Waals surface area contributed by atoms with E-state index >= 15 is 0 Å². The highest BCUT2D eigenvalue weighted by molar-refractivity contribution is 7.13. The maximum atomic E-state index is 5.17. The van der Waals surface area contributed by atoms with Crippen LogP contribution in [0.1, 0.15) is 12.6 Å². The summed E-state index contributed by atoms with van der Waals surface area (Å²) in [6.07, 6.45) is 1.74. The summed E-state index contributed by atoms with van der Waals surface area (Å²) < 4.78 is 5.17. The van der Waals surface area contributed by atoms with Crippen molar-refractivity contribution in [1.82, 2.24) is 15.0 Å². The van der Waals surface area contributed by atoms with Crippen LogP contribution in [0, 0.1) is 6.92 Å².